The molecule has 0 radical (unpaired) electrons. The minimum atomic E-state index is -3.45. The number of amides is 1. The Labute approximate surface area is 156 Å². The standard InChI is InChI=1S/C18H20N4O4S/c1-11-13(6-5-7-14(11)20-27(4,25)26)17(23)19-12-8-9-15-16(10-12)22(3)18(24)21(15)2/h5-10,20H,1-4H3,(H,19,23). The van der Waals surface area contributed by atoms with Crippen molar-refractivity contribution in [2.45, 2.75) is 6.92 Å². The maximum absolute atomic E-state index is 12.7. The zero-order chi connectivity index (χ0) is 19.9. The Hall–Kier alpha value is -3.07. The van der Waals surface area contributed by atoms with Crippen LogP contribution in [-0.2, 0) is 24.1 Å². The number of nitrogens with zero attached hydrogens (tertiary/aromatic N) is 2. The second kappa shape index (κ2) is 6.58. The van der Waals surface area contributed by atoms with E-state index >= 15 is 0 Å². The first-order chi connectivity index (χ1) is 12.6. The van der Waals surface area contributed by atoms with Gasteiger partial charge >= 0.3 is 5.69 Å². The van der Waals surface area contributed by atoms with Crippen molar-refractivity contribution < 1.29 is 13.2 Å². The molecule has 3 aromatic rings. The lowest BCUT2D eigenvalue weighted by atomic mass is 10.1. The molecule has 1 aromatic heterocycles. The summed E-state index contributed by atoms with van der Waals surface area (Å²) in [6.45, 7) is 1.67. The number of sulfonamides is 1. The maximum atomic E-state index is 12.7. The molecule has 0 unspecified atom stereocenters. The van der Waals surface area contributed by atoms with Crippen LogP contribution in [-0.4, -0.2) is 29.7 Å². The summed E-state index contributed by atoms with van der Waals surface area (Å²) in [5.74, 6) is -0.370. The number of benzene rings is 2. The molecule has 0 spiro atoms. The molecule has 9 heteroatoms. The SMILES string of the molecule is Cc1c(NS(C)(=O)=O)cccc1C(=O)Nc1ccc2c(c1)n(C)c(=O)n2C. The first-order valence-electron chi connectivity index (χ1n) is 8.12. The number of rotatable bonds is 4. The summed E-state index contributed by atoms with van der Waals surface area (Å²) in [7, 11) is -0.0938. The lowest BCUT2D eigenvalue weighted by molar-refractivity contribution is 0.102. The van der Waals surface area contributed by atoms with Gasteiger partial charge in [-0.1, -0.05) is 6.07 Å². The second-order valence-electron chi connectivity index (χ2n) is 6.41. The molecule has 8 nitrogen and oxygen atoms in total. The van der Waals surface area contributed by atoms with Crippen molar-refractivity contribution >= 4 is 38.3 Å². The first kappa shape index (κ1) is 18.7. The minimum absolute atomic E-state index is 0.149. The summed E-state index contributed by atoms with van der Waals surface area (Å²) in [5, 5.41) is 2.80. The van der Waals surface area contributed by atoms with E-state index in [1.165, 1.54) is 9.13 Å². The van der Waals surface area contributed by atoms with E-state index in [-0.39, 0.29) is 11.6 Å². The fourth-order valence-electron chi connectivity index (χ4n) is 2.97. The number of fused-ring (bicyclic) bond motifs is 1. The highest BCUT2D eigenvalue weighted by molar-refractivity contribution is 7.92. The van der Waals surface area contributed by atoms with Crippen LogP contribution >= 0.6 is 0 Å². The molecule has 142 valence electrons. The number of carbonyl (C=O) groups is 1. The lowest BCUT2D eigenvalue weighted by Gasteiger charge is -2.12. The summed E-state index contributed by atoms with van der Waals surface area (Å²) >= 11 is 0. The average molecular weight is 388 g/mol. The molecule has 0 aliphatic rings. The van der Waals surface area contributed by atoms with E-state index in [0.717, 1.165) is 11.8 Å². The Morgan fingerprint density at radius 3 is 2.37 bits per heavy atom. The summed E-state index contributed by atoms with van der Waals surface area (Å²) in [6, 6.07) is 10.0. The summed E-state index contributed by atoms with van der Waals surface area (Å²) in [6.07, 6.45) is 1.05. The first-order valence-corrected chi connectivity index (χ1v) is 10.0. The number of hydrogen-bond donors (Lipinski definition) is 2. The third kappa shape index (κ3) is 3.59. The van der Waals surface area contributed by atoms with Gasteiger partial charge in [0.05, 0.1) is 23.0 Å². The van der Waals surface area contributed by atoms with Crippen LogP contribution in [0.25, 0.3) is 11.0 Å². The lowest BCUT2D eigenvalue weighted by Crippen LogP contribution is -2.19. The van der Waals surface area contributed by atoms with Crippen LogP contribution in [0.2, 0.25) is 0 Å². The zero-order valence-corrected chi connectivity index (χ0v) is 16.2. The van der Waals surface area contributed by atoms with Crippen LogP contribution in [0.15, 0.2) is 41.2 Å². The Morgan fingerprint density at radius 2 is 1.70 bits per heavy atom. The summed E-state index contributed by atoms with van der Waals surface area (Å²) in [5.41, 5.74) is 3.07. The number of aryl methyl sites for hydroxylation is 2. The number of anilines is 2. The van der Waals surface area contributed by atoms with Gasteiger partial charge in [0, 0.05) is 25.3 Å². The predicted octanol–water partition coefficient (Wildman–Crippen LogP) is 1.81. The third-order valence-corrected chi connectivity index (χ3v) is 4.99. The fraction of sp³-hybridized carbons (Fsp3) is 0.222. The van der Waals surface area contributed by atoms with Gasteiger partial charge in [0.2, 0.25) is 10.0 Å². The fourth-order valence-corrected chi connectivity index (χ4v) is 3.60. The van der Waals surface area contributed by atoms with Crippen LogP contribution in [0.4, 0.5) is 11.4 Å². The molecular weight excluding hydrogens is 368 g/mol. The van der Waals surface area contributed by atoms with Crippen molar-refractivity contribution in [2.24, 2.45) is 14.1 Å². The largest absolute Gasteiger partial charge is 0.328 e. The molecule has 3 rings (SSSR count). The molecule has 0 fully saturated rings. The van der Waals surface area contributed by atoms with Crippen molar-refractivity contribution in [3.8, 4) is 0 Å². The van der Waals surface area contributed by atoms with Gasteiger partial charge in [0.1, 0.15) is 0 Å². The number of nitrogens with one attached hydrogen (secondary N) is 2. The zero-order valence-electron chi connectivity index (χ0n) is 15.4. The van der Waals surface area contributed by atoms with Crippen LogP contribution in [0, 0.1) is 6.92 Å². The van der Waals surface area contributed by atoms with Crippen molar-refractivity contribution in [3.63, 3.8) is 0 Å². The van der Waals surface area contributed by atoms with Crippen molar-refractivity contribution in [2.75, 3.05) is 16.3 Å². The Morgan fingerprint density at radius 1 is 1.04 bits per heavy atom. The van der Waals surface area contributed by atoms with Crippen molar-refractivity contribution in [1.29, 1.82) is 0 Å². The summed E-state index contributed by atoms with van der Waals surface area (Å²) < 4.78 is 28.4. The van der Waals surface area contributed by atoms with Crippen LogP contribution in [0.3, 0.4) is 0 Å². The molecule has 0 saturated carbocycles. The number of hydrogen-bond acceptors (Lipinski definition) is 4. The monoisotopic (exact) mass is 388 g/mol. The second-order valence-corrected chi connectivity index (χ2v) is 8.16. The van der Waals surface area contributed by atoms with E-state index in [9.17, 15) is 18.0 Å². The Balaban J connectivity index is 1.94. The molecular formula is C18H20N4O4S. The third-order valence-electron chi connectivity index (χ3n) is 4.40. The molecule has 27 heavy (non-hydrogen) atoms. The highest BCUT2D eigenvalue weighted by Gasteiger charge is 2.15. The molecule has 0 aliphatic heterocycles. The molecule has 2 aromatic carbocycles. The van der Waals surface area contributed by atoms with Gasteiger partial charge in [0.25, 0.3) is 5.91 Å². The van der Waals surface area contributed by atoms with Gasteiger partial charge in [-0.25, -0.2) is 13.2 Å². The van der Waals surface area contributed by atoms with Gasteiger partial charge in [0.15, 0.2) is 0 Å². The van der Waals surface area contributed by atoms with Gasteiger partial charge in [-0.3, -0.25) is 18.7 Å². The molecule has 0 atom stereocenters. The van der Waals surface area contributed by atoms with E-state index < -0.39 is 10.0 Å². The van der Waals surface area contributed by atoms with E-state index in [1.807, 2.05) is 0 Å². The van der Waals surface area contributed by atoms with E-state index in [0.29, 0.717) is 28.0 Å². The average Bonchev–Trinajstić information content (AvgIpc) is 2.80. The Bertz CT molecular complexity index is 1220. The van der Waals surface area contributed by atoms with Crippen LogP contribution < -0.4 is 15.7 Å². The number of aromatic nitrogens is 2. The molecule has 1 amide bonds. The van der Waals surface area contributed by atoms with E-state index in [4.69, 9.17) is 0 Å². The quantitative estimate of drug-likeness (QED) is 0.711. The van der Waals surface area contributed by atoms with E-state index in [1.54, 1.807) is 57.4 Å². The number of imidazole rings is 1. The highest BCUT2D eigenvalue weighted by atomic mass is 32.2. The van der Waals surface area contributed by atoms with Gasteiger partial charge in [-0.2, -0.15) is 0 Å². The Kier molecular flexibility index (Phi) is 4.56. The minimum Gasteiger partial charge on any atom is -0.322 e. The van der Waals surface area contributed by atoms with Gasteiger partial charge in [-0.05, 0) is 42.8 Å². The summed E-state index contributed by atoms with van der Waals surface area (Å²) in [4.78, 5) is 24.7. The molecule has 2 N–H and O–H groups in total. The molecule has 0 bridgehead atoms. The van der Waals surface area contributed by atoms with Crippen LogP contribution in [0.1, 0.15) is 15.9 Å². The van der Waals surface area contributed by atoms with Crippen LogP contribution in [0.5, 0.6) is 0 Å². The predicted molar refractivity (Wildman–Crippen MR) is 106 cm³/mol. The maximum Gasteiger partial charge on any atom is 0.328 e. The van der Waals surface area contributed by atoms with Crippen molar-refractivity contribution in [3.05, 3.63) is 58.0 Å². The molecule has 1 heterocycles. The molecule has 0 saturated heterocycles. The highest BCUT2D eigenvalue weighted by Crippen LogP contribution is 2.22. The normalized spacial score (nSPS) is 11.6. The smallest absolute Gasteiger partial charge is 0.322 e. The molecule has 0 aliphatic carbocycles. The van der Waals surface area contributed by atoms with Gasteiger partial charge < -0.3 is 5.32 Å². The number of carbonyl (C=O) groups excluding carboxylic acids is 1. The van der Waals surface area contributed by atoms with Gasteiger partial charge in [-0.15, -0.1) is 0 Å². The van der Waals surface area contributed by atoms with E-state index in [2.05, 4.69) is 10.0 Å². The topological polar surface area (TPSA) is 102 Å². The van der Waals surface area contributed by atoms with Crippen molar-refractivity contribution in [1.82, 2.24) is 9.13 Å².